The summed E-state index contributed by atoms with van der Waals surface area (Å²) in [6, 6.07) is 10.1. The first-order valence-electron chi connectivity index (χ1n) is 13.4. The molecule has 43 heavy (non-hydrogen) atoms. The number of para-hydroxylation sites is 1. The number of fused-ring (bicyclic) bond motifs is 1. The molecule has 0 aliphatic heterocycles. The van der Waals surface area contributed by atoms with Gasteiger partial charge in [-0.05, 0) is 23.6 Å². The number of hydrogen-bond acceptors (Lipinski definition) is 7. The Labute approximate surface area is 245 Å². The quantitative estimate of drug-likeness (QED) is 0.111. The summed E-state index contributed by atoms with van der Waals surface area (Å²) < 4.78 is 0. The standard InChI is InChI=1S/C29H33N5O9/c30-19(10-11-24(35)36)26(39)32-22(14-25(37)38)28(41)33-21(12-16-6-2-1-3-7-16)27(40)34-23(29(42)43)13-17-15-31-20-9-5-4-8-18(17)20/h1-9,15,19,21-23,31H,10-14,30H2,(H,32,39)(H,33,41)(H,34,40)(H,35,36)(H,37,38)(H,42,43). The van der Waals surface area contributed by atoms with Crippen molar-refractivity contribution in [1.82, 2.24) is 20.9 Å². The summed E-state index contributed by atoms with van der Waals surface area (Å²) in [7, 11) is 0. The molecule has 0 saturated heterocycles. The fraction of sp³-hybridized carbons (Fsp3) is 0.310. The number of aromatic amines is 1. The number of carbonyl (C=O) groups excluding carboxylic acids is 3. The van der Waals surface area contributed by atoms with Crippen LogP contribution >= 0.6 is 0 Å². The first-order valence-corrected chi connectivity index (χ1v) is 13.4. The average molecular weight is 596 g/mol. The van der Waals surface area contributed by atoms with Gasteiger partial charge in [-0.2, -0.15) is 0 Å². The van der Waals surface area contributed by atoms with E-state index < -0.39 is 72.6 Å². The minimum atomic E-state index is -1.66. The van der Waals surface area contributed by atoms with Gasteiger partial charge in [0.1, 0.15) is 18.1 Å². The number of aliphatic carboxylic acids is 3. The molecule has 3 rings (SSSR count). The van der Waals surface area contributed by atoms with Crippen LogP contribution in [0.25, 0.3) is 10.9 Å². The van der Waals surface area contributed by atoms with Crippen molar-refractivity contribution in [3.05, 3.63) is 71.9 Å². The Bertz CT molecular complexity index is 1470. The summed E-state index contributed by atoms with van der Waals surface area (Å²) in [4.78, 5) is 76.6. The van der Waals surface area contributed by atoms with E-state index in [2.05, 4.69) is 20.9 Å². The summed E-state index contributed by atoms with van der Waals surface area (Å²) in [5, 5.41) is 35.9. The highest BCUT2D eigenvalue weighted by molar-refractivity contribution is 5.96. The Morgan fingerprint density at radius 2 is 1.33 bits per heavy atom. The third-order valence-corrected chi connectivity index (χ3v) is 6.65. The lowest BCUT2D eigenvalue weighted by Gasteiger charge is -2.25. The number of amides is 3. The molecule has 1 heterocycles. The van der Waals surface area contributed by atoms with Crippen LogP contribution in [0.15, 0.2) is 60.8 Å². The third kappa shape index (κ3) is 9.67. The number of nitrogens with one attached hydrogen (secondary N) is 4. The van der Waals surface area contributed by atoms with E-state index in [1.54, 1.807) is 42.6 Å². The normalized spacial score (nSPS) is 13.7. The smallest absolute Gasteiger partial charge is 0.326 e. The van der Waals surface area contributed by atoms with Gasteiger partial charge in [-0.15, -0.1) is 0 Å². The highest BCUT2D eigenvalue weighted by atomic mass is 16.4. The molecule has 0 aliphatic rings. The van der Waals surface area contributed by atoms with Crippen LogP contribution in [0.3, 0.4) is 0 Å². The van der Waals surface area contributed by atoms with E-state index in [4.69, 9.17) is 10.8 Å². The number of rotatable bonds is 16. The zero-order valence-corrected chi connectivity index (χ0v) is 23.0. The fourth-order valence-electron chi connectivity index (χ4n) is 4.40. The van der Waals surface area contributed by atoms with Crippen molar-refractivity contribution >= 4 is 46.5 Å². The topological polar surface area (TPSA) is 241 Å². The molecule has 14 nitrogen and oxygen atoms in total. The molecule has 0 saturated carbocycles. The maximum absolute atomic E-state index is 13.4. The van der Waals surface area contributed by atoms with Crippen LogP contribution in [-0.2, 0) is 41.6 Å². The third-order valence-electron chi connectivity index (χ3n) is 6.65. The molecule has 0 fully saturated rings. The molecule has 0 spiro atoms. The van der Waals surface area contributed by atoms with Gasteiger partial charge in [0.15, 0.2) is 0 Å². The predicted octanol–water partition coefficient (Wildman–Crippen LogP) is 0.159. The van der Waals surface area contributed by atoms with Gasteiger partial charge in [0.05, 0.1) is 12.5 Å². The summed E-state index contributed by atoms with van der Waals surface area (Å²) in [5.41, 5.74) is 7.74. The van der Waals surface area contributed by atoms with Crippen molar-refractivity contribution in [3.63, 3.8) is 0 Å². The van der Waals surface area contributed by atoms with E-state index in [1.165, 1.54) is 0 Å². The van der Waals surface area contributed by atoms with Gasteiger partial charge >= 0.3 is 17.9 Å². The number of benzene rings is 2. The molecule has 0 radical (unpaired) electrons. The zero-order valence-electron chi connectivity index (χ0n) is 23.0. The number of nitrogens with two attached hydrogens (primary N) is 1. The van der Waals surface area contributed by atoms with Crippen molar-refractivity contribution in [2.45, 2.75) is 56.3 Å². The number of H-pyrrole nitrogens is 1. The number of carboxylic acid groups (broad SMARTS) is 3. The number of carbonyl (C=O) groups is 6. The Kier molecular flexibility index (Phi) is 11.3. The molecule has 0 bridgehead atoms. The maximum atomic E-state index is 13.4. The van der Waals surface area contributed by atoms with E-state index >= 15 is 0 Å². The van der Waals surface area contributed by atoms with E-state index in [0.717, 1.165) is 10.9 Å². The summed E-state index contributed by atoms with van der Waals surface area (Å²) >= 11 is 0. The average Bonchev–Trinajstić information content (AvgIpc) is 3.37. The first-order chi connectivity index (χ1) is 20.4. The molecule has 228 valence electrons. The van der Waals surface area contributed by atoms with E-state index in [9.17, 15) is 39.0 Å². The number of carboxylic acids is 3. The molecule has 9 N–H and O–H groups in total. The molecule has 3 amide bonds. The lowest BCUT2D eigenvalue weighted by Crippen LogP contribution is -2.58. The van der Waals surface area contributed by atoms with E-state index in [-0.39, 0.29) is 19.3 Å². The first kappa shape index (κ1) is 32.3. The van der Waals surface area contributed by atoms with Gasteiger partial charge < -0.3 is 42.0 Å². The molecular formula is C29H33N5O9. The molecule has 3 aromatic rings. The van der Waals surface area contributed by atoms with Gasteiger partial charge in [-0.1, -0.05) is 48.5 Å². The van der Waals surface area contributed by atoms with Crippen LogP contribution in [0.1, 0.15) is 30.4 Å². The molecule has 4 unspecified atom stereocenters. The van der Waals surface area contributed by atoms with Crippen LogP contribution in [0, 0.1) is 0 Å². The second-order valence-corrected chi connectivity index (χ2v) is 9.91. The lowest BCUT2D eigenvalue weighted by molar-refractivity contribution is -0.143. The highest BCUT2D eigenvalue weighted by Crippen LogP contribution is 2.19. The Morgan fingerprint density at radius 3 is 1.98 bits per heavy atom. The maximum Gasteiger partial charge on any atom is 0.326 e. The van der Waals surface area contributed by atoms with Crippen molar-refractivity contribution < 1.29 is 44.1 Å². The van der Waals surface area contributed by atoms with Gasteiger partial charge in [-0.3, -0.25) is 24.0 Å². The van der Waals surface area contributed by atoms with Gasteiger partial charge in [0.2, 0.25) is 17.7 Å². The molecular weight excluding hydrogens is 562 g/mol. The zero-order chi connectivity index (χ0) is 31.5. The van der Waals surface area contributed by atoms with Crippen molar-refractivity contribution in [2.24, 2.45) is 5.73 Å². The molecule has 14 heteroatoms. The second-order valence-electron chi connectivity index (χ2n) is 9.91. The minimum Gasteiger partial charge on any atom is -0.481 e. The van der Waals surface area contributed by atoms with Gasteiger partial charge in [0, 0.05) is 36.4 Å². The summed E-state index contributed by atoms with van der Waals surface area (Å²) in [6.45, 7) is 0. The van der Waals surface area contributed by atoms with Crippen LogP contribution in [-0.4, -0.2) is 80.1 Å². The summed E-state index contributed by atoms with van der Waals surface area (Å²) in [6.07, 6.45) is -0.0358. The van der Waals surface area contributed by atoms with Gasteiger partial charge in [-0.25, -0.2) is 4.79 Å². The molecule has 1 aromatic heterocycles. The Morgan fingerprint density at radius 1 is 0.721 bits per heavy atom. The van der Waals surface area contributed by atoms with Crippen molar-refractivity contribution in [1.29, 1.82) is 0 Å². The lowest BCUT2D eigenvalue weighted by atomic mass is 10.0. The fourth-order valence-corrected chi connectivity index (χ4v) is 4.40. The largest absolute Gasteiger partial charge is 0.481 e. The number of aromatic nitrogens is 1. The molecule has 2 aromatic carbocycles. The van der Waals surface area contributed by atoms with Crippen molar-refractivity contribution in [2.75, 3.05) is 0 Å². The second kappa shape index (κ2) is 15.1. The minimum absolute atomic E-state index is 0.0665. The number of hydrogen-bond donors (Lipinski definition) is 8. The molecule has 0 aliphatic carbocycles. The van der Waals surface area contributed by atoms with Gasteiger partial charge in [0.25, 0.3) is 0 Å². The summed E-state index contributed by atoms with van der Waals surface area (Å²) in [5.74, 6) is -6.76. The van der Waals surface area contributed by atoms with Crippen LogP contribution < -0.4 is 21.7 Å². The monoisotopic (exact) mass is 595 g/mol. The van der Waals surface area contributed by atoms with E-state index in [1.807, 2.05) is 18.2 Å². The molecule has 4 atom stereocenters. The van der Waals surface area contributed by atoms with Crippen LogP contribution in [0.2, 0.25) is 0 Å². The Hall–Kier alpha value is -5.24. The predicted molar refractivity (Wildman–Crippen MR) is 153 cm³/mol. The van der Waals surface area contributed by atoms with E-state index in [0.29, 0.717) is 11.1 Å². The highest BCUT2D eigenvalue weighted by Gasteiger charge is 2.32. The van der Waals surface area contributed by atoms with Crippen molar-refractivity contribution in [3.8, 4) is 0 Å². The van der Waals surface area contributed by atoms with Crippen LogP contribution in [0.4, 0.5) is 0 Å². The van der Waals surface area contributed by atoms with Crippen LogP contribution in [0.5, 0.6) is 0 Å². The Balaban J connectivity index is 1.80. The SMILES string of the molecule is NC(CCC(=O)O)C(=O)NC(CC(=O)O)C(=O)NC(Cc1ccccc1)C(=O)NC(Cc1c[nH]c2ccccc12)C(=O)O.